The van der Waals surface area contributed by atoms with Gasteiger partial charge in [0.15, 0.2) is 0 Å². The molecule has 0 rings (SSSR count). The Morgan fingerprint density at radius 2 is 1.00 bits per heavy atom. The van der Waals surface area contributed by atoms with Crippen LogP contribution in [0.3, 0.4) is 0 Å². The molecule has 0 bridgehead atoms. The van der Waals surface area contributed by atoms with Gasteiger partial charge in [0.25, 0.3) is 0 Å². The van der Waals surface area contributed by atoms with Gasteiger partial charge in [-0.05, 0) is 0 Å². The van der Waals surface area contributed by atoms with Gasteiger partial charge in [-0.25, -0.2) is 0 Å². The summed E-state index contributed by atoms with van der Waals surface area (Å²) in [5.41, 5.74) is 0. The van der Waals surface area contributed by atoms with Crippen LogP contribution < -0.4 is 0 Å². The Morgan fingerprint density at radius 3 is 1.00 bits per heavy atom. The third kappa shape index (κ3) is 8.82. The quantitative estimate of drug-likeness (QED) is 0.497. The summed E-state index contributed by atoms with van der Waals surface area (Å²) in [6, 6.07) is 0. The van der Waals surface area contributed by atoms with E-state index < -0.39 is 0 Å². The Labute approximate surface area is 79.2 Å². The van der Waals surface area contributed by atoms with Crippen molar-refractivity contribution in [2.24, 2.45) is 0 Å². The van der Waals surface area contributed by atoms with Gasteiger partial charge >= 0.3 is 0 Å². The minimum atomic E-state index is 0. The molecule has 0 aromatic rings. The average molecular weight is 387 g/mol. The van der Waals surface area contributed by atoms with Crippen LogP contribution in [-0.2, 0) is 53.0 Å². The van der Waals surface area contributed by atoms with E-state index in [0.717, 1.165) is 0 Å². The van der Waals surface area contributed by atoms with Gasteiger partial charge in [-0.3, -0.25) is 0 Å². The minimum Gasteiger partial charge on any atom is 0 e. The van der Waals surface area contributed by atoms with Crippen molar-refractivity contribution in [2.75, 3.05) is 0 Å². The number of rotatable bonds is 0. The van der Waals surface area contributed by atoms with E-state index >= 15 is 0 Å². The summed E-state index contributed by atoms with van der Waals surface area (Å²) in [6.45, 7) is 0. The van der Waals surface area contributed by atoms with Gasteiger partial charge in [0, 0.05) is 80.3 Å². The van der Waals surface area contributed by atoms with Gasteiger partial charge in [-0.1, -0.05) is 0 Å². The van der Waals surface area contributed by atoms with E-state index in [0.29, 0.717) is 0 Å². The first kappa shape index (κ1) is 31.0. The van der Waals surface area contributed by atoms with Gasteiger partial charge in [0.2, 0.25) is 0 Å². The molecule has 0 saturated heterocycles. The summed E-state index contributed by atoms with van der Waals surface area (Å²) in [5.74, 6) is 0. The fourth-order valence-electron chi connectivity index (χ4n) is 0. The predicted molar refractivity (Wildman–Crippen MR) is 5.75 cm³/mol. The fraction of sp³-hybridized carbons (Fsp3) is 0. The monoisotopic (exact) mass is 386 g/mol. The van der Waals surface area contributed by atoms with Crippen molar-refractivity contribution in [1.29, 1.82) is 0 Å². The summed E-state index contributed by atoms with van der Waals surface area (Å²) >= 11 is 0. The maximum atomic E-state index is 0. The molecule has 0 saturated carbocycles. The van der Waals surface area contributed by atoms with E-state index in [9.17, 15) is 0 Å². The van der Waals surface area contributed by atoms with Gasteiger partial charge in [0.05, 0.1) is 0 Å². The van der Waals surface area contributed by atoms with Crippen molar-refractivity contribution in [2.45, 2.75) is 0 Å². The summed E-state index contributed by atoms with van der Waals surface area (Å²) in [6.07, 6.45) is 0. The maximum absolute atomic E-state index is 0. The minimum absolute atomic E-state index is 0. The third-order valence-electron chi connectivity index (χ3n) is 0. The smallest absolute Gasteiger partial charge is 0 e. The second-order valence-electron chi connectivity index (χ2n) is 0. The normalized spacial score (nSPS) is 0. The van der Waals surface area contributed by atoms with Crippen LogP contribution in [0, 0.1) is 0 Å². The zero-order valence-electron chi connectivity index (χ0n) is 1.88. The van der Waals surface area contributed by atoms with E-state index in [-0.39, 0.29) is 80.3 Å². The van der Waals surface area contributed by atoms with Crippen LogP contribution in [0.1, 0.15) is 0 Å². The van der Waals surface area contributed by atoms with Gasteiger partial charge in [-0.2, -0.15) is 0 Å². The number of hydrogen-bond donors (Lipinski definition) is 0. The van der Waals surface area contributed by atoms with E-state index in [4.69, 9.17) is 0 Å². The molecule has 0 aliphatic heterocycles. The topological polar surface area (TPSA) is 0 Å². The maximum Gasteiger partial charge on any atom is 0 e. The fourth-order valence-corrected chi connectivity index (χ4v) is 0. The van der Waals surface area contributed by atoms with Crippen LogP contribution in [0.5, 0.6) is 0 Å². The van der Waals surface area contributed by atoms with E-state index in [1.54, 1.807) is 0 Å². The molecular formula is FeNiPbZn. The van der Waals surface area contributed by atoms with Crippen molar-refractivity contribution >= 4 is 27.3 Å². The Morgan fingerprint density at radius 1 is 1.00 bits per heavy atom. The molecule has 4 heteroatoms. The largest absolute Gasteiger partial charge is 0 e. The summed E-state index contributed by atoms with van der Waals surface area (Å²) in [7, 11) is 0. The molecule has 0 aromatic heterocycles. The molecule has 0 aliphatic rings. The molecule has 0 nitrogen and oxygen atoms in total. The molecule has 24 valence electrons. The second-order valence-corrected chi connectivity index (χ2v) is 0. The molecular weight excluding hydrogens is 387 g/mol. The van der Waals surface area contributed by atoms with Crippen molar-refractivity contribution in [1.82, 2.24) is 0 Å². The number of hydrogen-bond acceptors (Lipinski definition) is 0. The average Bonchev–Trinajstić information content (AvgIpc) is 0. The summed E-state index contributed by atoms with van der Waals surface area (Å²) in [4.78, 5) is 0. The van der Waals surface area contributed by atoms with Crippen molar-refractivity contribution in [3.05, 3.63) is 0 Å². The van der Waals surface area contributed by atoms with Crippen molar-refractivity contribution in [3.8, 4) is 0 Å². The molecule has 0 aromatic carbocycles. The van der Waals surface area contributed by atoms with Crippen LogP contribution in [0.2, 0.25) is 0 Å². The SMILES string of the molecule is [Fe].[Ni].[Pb].[Zn]. The molecule has 0 fully saturated rings. The van der Waals surface area contributed by atoms with Gasteiger partial charge in [-0.15, -0.1) is 0 Å². The second kappa shape index (κ2) is 17.6. The molecule has 0 aliphatic carbocycles. The first-order chi connectivity index (χ1) is 0. The first-order valence-electron chi connectivity index (χ1n) is 0. The van der Waals surface area contributed by atoms with Crippen LogP contribution in [-0.4, -0.2) is 27.3 Å². The van der Waals surface area contributed by atoms with Crippen LogP contribution >= 0.6 is 0 Å². The Hall–Kier alpha value is 2.56. The molecule has 4 radical (unpaired) electrons. The molecule has 0 heterocycles. The van der Waals surface area contributed by atoms with Crippen molar-refractivity contribution in [3.63, 3.8) is 0 Å². The summed E-state index contributed by atoms with van der Waals surface area (Å²) in [5, 5.41) is 0. The molecule has 0 unspecified atom stereocenters. The molecule has 0 N–H and O–H groups in total. The van der Waals surface area contributed by atoms with Crippen LogP contribution in [0.4, 0.5) is 0 Å². The Bertz CT molecular complexity index is 8.00. The summed E-state index contributed by atoms with van der Waals surface area (Å²) < 4.78 is 0. The predicted octanol–water partition coefficient (Wildman–Crippen LogP) is -0.388. The molecule has 0 amide bonds. The third-order valence-corrected chi connectivity index (χ3v) is 0. The van der Waals surface area contributed by atoms with Crippen LogP contribution in [0.25, 0.3) is 0 Å². The first-order valence-corrected chi connectivity index (χ1v) is 0. The standard InChI is InChI=1S/Fe.Ni.Pb.Zn. The van der Waals surface area contributed by atoms with E-state index in [1.807, 2.05) is 0 Å². The Balaban J connectivity index is 0. The van der Waals surface area contributed by atoms with Gasteiger partial charge < -0.3 is 0 Å². The van der Waals surface area contributed by atoms with E-state index in [2.05, 4.69) is 0 Å². The van der Waals surface area contributed by atoms with E-state index in [1.165, 1.54) is 0 Å². The molecule has 0 atom stereocenters. The van der Waals surface area contributed by atoms with Gasteiger partial charge in [0.1, 0.15) is 0 Å². The van der Waals surface area contributed by atoms with Crippen molar-refractivity contribution < 1.29 is 53.0 Å². The zero-order valence-corrected chi connectivity index (χ0v) is 10.8. The molecule has 0 spiro atoms. The Kier molecular flexibility index (Phi) is 137. The van der Waals surface area contributed by atoms with Crippen LogP contribution in [0.15, 0.2) is 0 Å². The zero-order chi connectivity index (χ0) is 0. The molecule has 4 heavy (non-hydrogen) atoms.